The van der Waals surface area contributed by atoms with Gasteiger partial charge in [-0.2, -0.15) is 5.10 Å². The predicted molar refractivity (Wildman–Crippen MR) is 230 cm³/mol. The molecule has 2 fully saturated rings. The molecular formula is C46H45N9O8. The van der Waals surface area contributed by atoms with Crippen LogP contribution in [0.15, 0.2) is 95.5 Å². The molecule has 3 aliphatic heterocycles. The van der Waals surface area contributed by atoms with Gasteiger partial charge in [-0.05, 0) is 74.2 Å². The number of hydrogen-bond donors (Lipinski definition) is 4. The molecule has 9 rings (SSSR count). The van der Waals surface area contributed by atoms with Gasteiger partial charge < -0.3 is 34.9 Å². The van der Waals surface area contributed by atoms with Crippen molar-refractivity contribution in [3.8, 4) is 22.7 Å². The summed E-state index contributed by atoms with van der Waals surface area (Å²) in [5.74, 6) is -1.18. The summed E-state index contributed by atoms with van der Waals surface area (Å²) in [6.45, 7) is 1.70. The summed E-state index contributed by atoms with van der Waals surface area (Å²) in [4.78, 5) is 83.7. The zero-order chi connectivity index (χ0) is 43.5. The minimum atomic E-state index is -0.753. The first-order valence-corrected chi connectivity index (χ1v) is 21.1. The lowest BCUT2D eigenvalue weighted by Gasteiger charge is -2.33. The van der Waals surface area contributed by atoms with Gasteiger partial charge in [0, 0.05) is 78.6 Å². The molecule has 3 aromatic heterocycles. The van der Waals surface area contributed by atoms with Crippen LogP contribution in [0.2, 0.25) is 0 Å². The van der Waals surface area contributed by atoms with Crippen LogP contribution in [0.5, 0.6) is 0 Å². The van der Waals surface area contributed by atoms with Crippen LogP contribution < -0.4 is 21.3 Å². The fourth-order valence-corrected chi connectivity index (χ4v) is 8.35. The zero-order valence-electron chi connectivity index (χ0n) is 34.3. The van der Waals surface area contributed by atoms with E-state index in [-0.39, 0.29) is 68.8 Å². The molecule has 0 radical (unpaired) electrons. The third kappa shape index (κ3) is 8.92. The number of fused-ring (bicyclic) bond motifs is 3. The number of carbonyl (C=O) groups is 6. The molecule has 2 atom stereocenters. The van der Waals surface area contributed by atoms with Crippen LogP contribution in [-0.4, -0.2) is 111 Å². The topological polar surface area (TPSA) is 210 Å². The van der Waals surface area contributed by atoms with Gasteiger partial charge in [0.15, 0.2) is 11.4 Å². The summed E-state index contributed by atoms with van der Waals surface area (Å²) < 4.78 is 13.4. The Hall–Kier alpha value is -7.24. The molecule has 6 aromatic rings. The van der Waals surface area contributed by atoms with Crippen LogP contribution >= 0.6 is 0 Å². The van der Waals surface area contributed by atoms with Crippen LogP contribution in [0, 0.1) is 0 Å². The van der Waals surface area contributed by atoms with Gasteiger partial charge in [0.25, 0.3) is 11.8 Å². The molecule has 17 heteroatoms. The van der Waals surface area contributed by atoms with Gasteiger partial charge in [-0.1, -0.05) is 36.4 Å². The Morgan fingerprint density at radius 1 is 0.937 bits per heavy atom. The summed E-state index contributed by atoms with van der Waals surface area (Å²) in [5, 5.41) is 17.1. The third-order valence-electron chi connectivity index (χ3n) is 11.6. The van der Waals surface area contributed by atoms with E-state index in [1.165, 1.54) is 4.90 Å². The number of furan rings is 1. The van der Waals surface area contributed by atoms with Gasteiger partial charge in [-0.15, -0.1) is 0 Å². The number of anilines is 1. The Kier molecular flexibility index (Phi) is 11.8. The Morgan fingerprint density at radius 2 is 1.79 bits per heavy atom. The summed E-state index contributed by atoms with van der Waals surface area (Å²) >= 11 is 0. The maximum absolute atomic E-state index is 13.6. The number of nitrogens with zero attached hydrogens (tertiary/aromatic N) is 5. The van der Waals surface area contributed by atoms with E-state index in [1.807, 2.05) is 71.6 Å². The molecule has 322 valence electrons. The average molecular weight is 852 g/mol. The first-order valence-electron chi connectivity index (χ1n) is 21.1. The monoisotopic (exact) mass is 851 g/mol. The smallest absolute Gasteiger partial charge is 0.255 e. The van der Waals surface area contributed by atoms with Gasteiger partial charge >= 0.3 is 0 Å². The average Bonchev–Trinajstić information content (AvgIpc) is 4.02. The maximum atomic E-state index is 13.6. The van der Waals surface area contributed by atoms with Gasteiger partial charge in [0.2, 0.25) is 23.6 Å². The number of piperidine rings is 2. The highest BCUT2D eigenvalue weighted by Crippen LogP contribution is 2.33. The van der Waals surface area contributed by atoms with Crippen LogP contribution in [0.3, 0.4) is 0 Å². The lowest BCUT2D eigenvalue weighted by molar-refractivity contribution is -0.137. The molecule has 6 heterocycles. The van der Waals surface area contributed by atoms with Crippen molar-refractivity contribution in [2.45, 2.75) is 50.7 Å². The minimum Gasteiger partial charge on any atom is -0.454 e. The summed E-state index contributed by atoms with van der Waals surface area (Å²) in [6, 6.07) is 25.2. The lowest BCUT2D eigenvalue weighted by atomic mass is 10.0. The molecule has 0 aliphatic carbocycles. The summed E-state index contributed by atoms with van der Waals surface area (Å²) in [5.41, 5.74) is 5.82. The highest BCUT2D eigenvalue weighted by atomic mass is 16.5. The van der Waals surface area contributed by atoms with E-state index in [1.54, 1.807) is 28.9 Å². The van der Waals surface area contributed by atoms with E-state index < -0.39 is 17.9 Å². The maximum Gasteiger partial charge on any atom is 0.255 e. The zero-order valence-corrected chi connectivity index (χ0v) is 34.3. The van der Waals surface area contributed by atoms with Crippen molar-refractivity contribution in [3.63, 3.8) is 0 Å². The van der Waals surface area contributed by atoms with Crippen LogP contribution in [0.4, 0.5) is 5.69 Å². The fraction of sp³-hybridized carbons (Fsp3) is 0.304. The second kappa shape index (κ2) is 18.0. The van der Waals surface area contributed by atoms with Gasteiger partial charge in [0.05, 0.1) is 18.4 Å². The highest BCUT2D eigenvalue weighted by Gasteiger charge is 2.40. The number of ether oxygens (including phenoxy) is 1. The molecule has 3 aliphatic rings. The van der Waals surface area contributed by atoms with Crippen molar-refractivity contribution >= 4 is 57.7 Å². The summed E-state index contributed by atoms with van der Waals surface area (Å²) in [6.07, 6.45) is 4.27. The Morgan fingerprint density at radius 3 is 2.63 bits per heavy atom. The molecule has 0 spiro atoms. The molecule has 17 nitrogen and oxygen atoms in total. The highest BCUT2D eigenvalue weighted by molar-refractivity contribution is 6.07. The second-order valence-corrected chi connectivity index (χ2v) is 15.9. The molecule has 6 amide bonds. The van der Waals surface area contributed by atoms with Gasteiger partial charge in [-0.25, -0.2) is 9.50 Å². The number of likely N-dealkylation sites (tertiary alicyclic amines) is 1. The number of carbonyl (C=O) groups excluding carboxylic acids is 6. The molecule has 0 bridgehead atoms. The van der Waals surface area contributed by atoms with Crippen molar-refractivity contribution in [2.24, 2.45) is 0 Å². The molecule has 3 aromatic carbocycles. The molecule has 1 unspecified atom stereocenters. The number of hydrogen-bond acceptors (Lipinski definition) is 11. The number of nitrogens with one attached hydrogen (secondary N) is 4. The van der Waals surface area contributed by atoms with E-state index in [4.69, 9.17) is 14.3 Å². The van der Waals surface area contributed by atoms with E-state index in [2.05, 4.69) is 26.3 Å². The van der Waals surface area contributed by atoms with Crippen LogP contribution in [0.1, 0.15) is 58.4 Å². The Bertz CT molecular complexity index is 2710. The van der Waals surface area contributed by atoms with E-state index in [0.717, 1.165) is 40.8 Å². The second-order valence-electron chi connectivity index (χ2n) is 15.9. The van der Waals surface area contributed by atoms with Gasteiger partial charge in [0.1, 0.15) is 23.9 Å². The van der Waals surface area contributed by atoms with Crippen LogP contribution in [0.25, 0.3) is 39.3 Å². The van der Waals surface area contributed by atoms with Crippen molar-refractivity contribution in [1.29, 1.82) is 0 Å². The Balaban J connectivity index is 0.687. The van der Waals surface area contributed by atoms with Crippen LogP contribution in [-0.2, 0) is 30.5 Å². The predicted octanol–water partition coefficient (Wildman–Crippen LogP) is 3.93. The number of benzene rings is 3. The number of aromatic nitrogens is 3. The van der Waals surface area contributed by atoms with E-state index in [0.29, 0.717) is 59.8 Å². The van der Waals surface area contributed by atoms with E-state index in [9.17, 15) is 28.8 Å². The van der Waals surface area contributed by atoms with Crippen molar-refractivity contribution in [1.82, 2.24) is 40.3 Å². The molecule has 2 saturated heterocycles. The first-order chi connectivity index (χ1) is 30.7. The molecular weight excluding hydrogens is 807 g/mol. The van der Waals surface area contributed by atoms with Gasteiger partial charge in [-0.3, -0.25) is 34.1 Å². The molecule has 63 heavy (non-hydrogen) atoms. The first kappa shape index (κ1) is 41.1. The Labute approximate surface area is 361 Å². The normalized spacial score (nSPS) is 17.6. The number of rotatable bonds is 14. The van der Waals surface area contributed by atoms with Crippen molar-refractivity contribution < 1.29 is 37.9 Å². The van der Waals surface area contributed by atoms with Crippen molar-refractivity contribution in [3.05, 3.63) is 108 Å². The van der Waals surface area contributed by atoms with Crippen molar-refractivity contribution in [2.75, 3.05) is 44.7 Å². The minimum absolute atomic E-state index is 0.0360. The SMILES string of the molecule is O=C(CN[C@H]1CCCN(C(=O)c2ccc(-c3ccc4ncc(-c5cc6ccccc6o5)n4n3)cc2)C1)NCCCOCC(=O)Nc1cccc2c1CN(C1CCC(=O)NC1=O)C2=O. The molecule has 0 saturated carbocycles. The largest absolute Gasteiger partial charge is 0.454 e. The van der Waals surface area contributed by atoms with E-state index >= 15 is 0 Å². The summed E-state index contributed by atoms with van der Waals surface area (Å²) in [7, 11) is 0. The standard InChI is InChI=1S/C46H45N9O8/c56-41-18-16-36(44(59)51-41)54-26-33-32(46(54)61)8-3-9-35(33)50-43(58)27-62-21-5-19-47-42(57)24-48-31-7-4-20-53(25-31)45(60)29-13-11-28(12-14-29)34-15-17-40-49-23-37(55(40)52-34)39-22-30-6-1-2-10-38(30)63-39/h1-3,6,8-15,17,22-23,31,36,48H,4-5,7,16,18-21,24-27H2,(H,47,57)(H,50,58)(H,51,56,59)/t31-,36?/m0/s1. The number of para-hydroxylation sites is 1. The lowest BCUT2D eigenvalue weighted by Crippen LogP contribution is -2.52. The number of amides is 6. The molecule has 4 N–H and O–H groups in total. The number of imidazole rings is 1. The number of imide groups is 1. The fourth-order valence-electron chi connectivity index (χ4n) is 8.35. The third-order valence-corrected chi connectivity index (χ3v) is 11.6. The quantitative estimate of drug-likeness (QED) is 0.0912.